The maximum absolute atomic E-state index is 13.9. The first-order chi connectivity index (χ1) is 8.09. The third-order valence-corrected chi connectivity index (χ3v) is 3.57. The summed E-state index contributed by atoms with van der Waals surface area (Å²) >= 11 is 5.81. The van der Waals surface area contributed by atoms with Crippen molar-refractivity contribution in [1.29, 1.82) is 0 Å². The fourth-order valence-corrected chi connectivity index (χ4v) is 2.35. The zero-order chi connectivity index (χ0) is 12.4. The standard InChI is InChI=1S/C13H18ClFN2/c1-9(2)11-8-17(7-6-16-11)12-5-3-4-10(14)13(12)15/h3-5,9,11,16H,6-8H2,1-2H3. The van der Waals surface area contributed by atoms with Gasteiger partial charge in [0.15, 0.2) is 5.82 Å². The minimum Gasteiger partial charge on any atom is -0.366 e. The Kier molecular flexibility index (Phi) is 3.89. The van der Waals surface area contributed by atoms with Gasteiger partial charge in [0.05, 0.1) is 10.7 Å². The molecule has 2 rings (SSSR count). The molecule has 94 valence electrons. The Balaban J connectivity index is 2.19. The monoisotopic (exact) mass is 256 g/mol. The van der Waals surface area contributed by atoms with Crippen LogP contribution in [0.15, 0.2) is 18.2 Å². The average molecular weight is 257 g/mol. The summed E-state index contributed by atoms with van der Waals surface area (Å²) in [4.78, 5) is 2.07. The number of hydrogen-bond acceptors (Lipinski definition) is 2. The average Bonchev–Trinajstić information content (AvgIpc) is 2.33. The molecule has 1 unspecified atom stereocenters. The highest BCUT2D eigenvalue weighted by atomic mass is 35.5. The van der Waals surface area contributed by atoms with E-state index < -0.39 is 0 Å². The van der Waals surface area contributed by atoms with E-state index in [0.29, 0.717) is 17.6 Å². The quantitative estimate of drug-likeness (QED) is 0.875. The zero-order valence-corrected chi connectivity index (χ0v) is 11.0. The molecule has 0 aromatic heterocycles. The molecule has 0 aliphatic carbocycles. The molecule has 1 N–H and O–H groups in total. The summed E-state index contributed by atoms with van der Waals surface area (Å²) in [5.74, 6) is 0.235. The molecule has 2 nitrogen and oxygen atoms in total. The Hall–Kier alpha value is -0.800. The number of rotatable bonds is 2. The van der Waals surface area contributed by atoms with E-state index in [0.717, 1.165) is 19.6 Å². The van der Waals surface area contributed by atoms with E-state index in [1.807, 2.05) is 0 Å². The van der Waals surface area contributed by atoms with Crippen molar-refractivity contribution in [2.75, 3.05) is 24.5 Å². The lowest BCUT2D eigenvalue weighted by atomic mass is 10.0. The van der Waals surface area contributed by atoms with Crippen LogP contribution in [-0.2, 0) is 0 Å². The lowest BCUT2D eigenvalue weighted by Crippen LogP contribution is -2.53. The molecule has 4 heteroatoms. The van der Waals surface area contributed by atoms with Crippen LogP contribution in [-0.4, -0.2) is 25.7 Å². The van der Waals surface area contributed by atoms with E-state index in [1.54, 1.807) is 18.2 Å². The van der Waals surface area contributed by atoms with E-state index in [9.17, 15) is 4.39 Å². The van der Waals surface area contributed by atoms with E-state index >= 15 is 0 Å². The highest BCUT2D eigenvalue weighted by Gasteiger charge is 2.23. The van der Waals surface area contributed by atoms with Gasteiger partial charge < -0.3 is 10.2 Å². The molecule has 0 spiro atoms. The van der Waals surface area contributed by atoms with Crippen molar-refractivity contribution in [2.45, 2.75) is 19.9 Å². The first-order valence-electron chi connectivity index (χ1n) is 6.02. The van der Waals surface area contributed by atoms with Crippen LogP contribution in [0.4, 0.5) is 10.1 Å². The molecule has 1 aromatic rings. The second kappa shape index (κ2) is 5.23. The van der Waals surface area contributed by atoms with Crippen LogP contribution in [0, 0.1) is 11.7 Å². The van der Waals surface area contributed by atoms with Crippen molar-refractivity contribution >= 4 is 17.3 Å². The Morgan fingerprint density at radius 3 is 2.94 bits per heavy atom. The van der Waals surface area contributed by atoms with Gasteiger partial charge in [-0.1, -0.05) is 31.5 Å². The van der Waals surface area contributed by atoms with Gasteiger partial charge in [0.1, 0.15) is 0 Å². The van der Waals surface area contributed by atoms with Crippen LogP contribution in [0.25, 0.3) is 0 Å². The van der Waals surface area contributed by atoms with Crippen molar-refractivity contribution < 1.29 is 4.39 Å². The zero-order valence-electron chi connectivity index (χ0n) is 10.2. The van der Waals surface area contributed by atoms with Gasteiger partial charge in [0.25, 0.3) is 0 Å². The van der Waals surface area contributed by atoms with Crippen molar-refractivity contribution in [1.82, 2.24) is 5.32 Å². The Bertz CT molecular complexity index is 395. The minimum absolute atomic E-state index is 0.196. The molecule has 0 amide bonds. The fraction of sp³-hybridized carbons (Fsp3) is 0.538. The molecule has 17 heavy (non-hydrogen) atoms. The molecule has 1 aromatic carbocycles. The van der Waals surface area contributed by atoms with Gasteiger partial charge in [-0.3, -0.25) is 0 Å². The number of nitrogens with one attached hydrogen (secondary N) is 1. The summed E-state index contributed by atoms with van der Waals surface area (Å²) in [6, 6.07) is 5.58. The van der Waals surface area contributed by atoms with Gasteiger partial charge in [0, 0.05) is 25.7 Å². The van der Waals surface area contributed by atoms with Gasteiger partial charge in [-0.15, -0.1) is 0 Å². The minimum atomic E-state index is -0.307. The molecule has 1 aliphatic rings. The van der Waals surface area contributed by atoms with Gasteiger partial charge in [-0.2, -0.15) is 0 Å². The third kappa shape index (κ3) is 2.72. The summed E-state index contributed by atoms with van der Waals surface area (Å²) in [7, 11) is 0. The number of halogens is 2. The summed E-state index contributed by atoms with van der Waals surface area (Å²) in [6.45, 7) is 6.88. The van der Waals surface area contributed by atoms with Crippen LogP contribution in [0.5, 0.6) is 0 Å². The highest BCUT2D eigenvalue weighted by molar-refractivity contribution is 6.31. The second-order valence-electron chi connectivity index (χ2n) is 4.82. The predicted molar refractivity (Wildman–Crippen MR) is 70.3 cm³/mol. The van der Waals surface area contributed by atoms with Gasteiger partial charge in [0.2, 0.25) is 0 Å². The largest absolute Gasteiger partial charge is 0.366 e. The smallest absolute Gasteiger partial charge is 0.165 e. The number of piperazine rings is 1. The van der Waals surface area contributed by atoms with Crippen molar-refractivity contribution in [3.63, 3.8) is 0 Å². The van der Waals surface area contributed by atoms with Crippen molar-refractivity contribution in [3.8, 4) is 0 Å². The molecule has 1 saturated heterocycles. The molecule has 1 atom stereocenters. The van der Waals surface area contributed by atoms with E-state index in [-0.39, 0.29) is 10.8 Å². The Morgan fingerprint density at radius 2 is 2.24 bits per heavy atom. The maximum Gasteiger partial charge on any atom is 0.165 e. The molecule has 0 bridgehead atoms. The van der Waals surface area contributed by atoms with Crippen LogP contribution in [0.2, 0.25) is 5.02 Å². The van der Waals surface area contributed by atoms with E-state index in [1.165, 1.54) is 0 Å². The molecule has 0 radical (unpaired) electrons. The first-order valence-corrected chi connectivity index (χ1v) is 6.39. The predicted octanol–water partition coefficient (Wildman–Crippen LogP) is 2.91. The van der Waals surface area contributed by atoms with Gasteiger partial charge in [-0.05, 0) is 18.1 Å². The van der Waals surface area contributed by atoms with Gasteiger partial charge >= 0.3 is 0 Å². The third-order valence-electron chi connectivity index (χ3n) is 3.28. The number of hydrogen-bond donors (Lipinski definition) is 1. The van der Waals surface area contributed by atoms with E-state index in [4.69, 9.17) is 11.6 Å². The molecule has 1 fully saturated rings. The normalized spacial score (nSPS) is 21.0. The molecule has 1 heterocycles. The lowest BCUT2D eigenvalue weighted by molar-refractivity contribution is 0.366. The van der Waals surface area contributed by atoms with Gasteiger partial charge in [-0.25, -0.2) is 4.39 Å². The Labute approximate surface area is 107 Å². The van der Waals surface area contributed by atoms with Crippen LogP contribution < -0.4 is 10.2 Å². The summed E-state index contributed by atoms with van der Waals surface area (Å²) in [5.41, 5.74) is 0.615. The molecular weight excluding hydrogens is 239 g/mol. The highest BCUT2D eigenvalue weighted by Crippen LogP contribution is 2.26. The van der Waals surface area contributed by atoms with Crippen LogP contribution in [0.1, 0.15) is 13.8 Å². The summed E-state index contributed by atoms with van der Waals surface area (Å²) in [6.07, 6.45) is 0. The first kappa shape index (κ1) is 12.7. The number of nitrogens with zero attached hydrogens (tertiary/aromatic N) is 1. The molecular formula is C13H18ClFN2. The number of anilines is 1. The molecule has 1 aliphatic heterocycles. The Morgan fingerprint density at radius 1 is 1.47 bits per heavy atom. The van der Waals surface area contributed by atoms with E-state index in [2.05, 4.69) is 24.1 Å². The lowest BCUT2D eigenvalue weighted by Gasteiger charge is -2.37. The fourth-order valence-electron chi connectivity index (χ4n) is 2.18. The molecule has 0 saturated carbocycles. The topological polar surface area (TPSA) is 15.3 Å². The summed E-state index contributed by atoms with van der Waals surface area (Å²) in [5, 5.41) is 3.65. The van der Waals surface area contributed by atoms with Crippen LogP contribution >= 0.6 is 11.6 Å². The maximum atomic E-state index is 13.9. The van der Waals surface area contributed by atoms with Crippen molar-refractivity contribution in [3.05, 3.63) is 29.0 Å². The second-order valence-corrected chi connectivity index (χ2v) is 5.23. The van der Waals surface area contributed by atoms with Crippen LogP contribution in [0.3, 0.4) is 0 Å². The number of benzene rings is 1. The summed E-state index contributed by atoms with van der Waals surface area (Å²) < 4.78 is 13.9. The SMILES string of the molecule is CC(C)C1CN(c2cccc(Cl)c2F)CCN1. The van der Waals surface area contributed by atoms with Crippen molar-refractivity contribution in [2.24, 2.45) is 5.92 Å².